The molecule has 0 fully saturated rings. The number of hydrogen-bond acceptors (Lipinski definition) is 6. The largest absolute Gasteiger partial charge is 0.448 e. The van der Waals surface area contributed by atoms with E-state index in [1.807, 2.05) is 24.3 Å². The Morgan fingerprint density at radius 3 is 2.80 bits per heavy atom. The number of rotatable bonds is 7. The standard InChI is InChI=1S/C22H22ClFN4OS/c1-2-3-4-7-13-30-22-26-21-19(27-28-22)14-9-5-6-12-17(14)25-20(29-21)18-15(23)10-8-11-16(18)24/h5-6,8-12,20,25H,2-4,7,13H2,1H3/t20-/m0/s1. The first-order chi connectivity index (χ1) is 14.7. The van der Waals surface area contributed by atoms with Crippen LogP contribution in [-0.2, 0) is 0 Å². The fourth-order valence-corrected chi connectivity index (χ4v) is 4.33. The molecule has 1 aliphatic rings. The maximum Gasteiger partial charge on any atom is 0.247 e. The summed E-state index contributed by atoms with van der Waals surface area (Å²) < 4.78 is 20.7. The second kappa shape index (κ2) is 9.62. The molecule has 1 aliphatic heterocycles. The van der Waals surface area contributed by atoms with E-state index in [2.05, 4.69) is 27.4 Å². The molecular formula is C22H22ClFN4OS. The molecule has 0 unspecified atom stereocenters. The molecule has 156 valence electrons. The van der Waals surface area contributed by atoms with Crippen LogP contribution in [0.1, 0.15) is 44.4 Å². The van der Waals surface area contributed by atoms with Gasteiger partial charge in [-0.25, -0.2) is 4.39 Å². The molecule has 8 heteroatoms. The number of nitrogens with zero attached hydrogens (tertiary/aromatic N) is 3. The van der Waals surface area contributed by atoms with E-state index in [4.69, 9.17) is 16.3 Å². The lowest BCUT2D eigenvalue weighted by Gasteiger charge is -2.20. The van der Waals surface area contributed by atoms with Gasteiger partial charge in [0.1, 0.15) is 5.82 Å². The lowest BCUT2D eigenvalue weighted by atomic mass is 10.1. The predicted octanol–water partition coefficient (Wildman–Crippen LogP) is 6.51. The number of anilines is 1. The average molecular weight is 445 g/mol. The van der Waals surface area contributed by atoms with Crippen molar-refractivity contribution in [3.05, 3.63) is 58.9 Å². The second-order valence-electron chi connectivity index (χ2n) is 6.98. The number of ether oxygens (including phenoxy) is 1. The SMILES string of the molecule is CCCCCCSc1nnc2c(n1)O[C@@H](c1c(F)cccc1Cl)Nc1ccccc1-2. The zero-order valence-corrected chi connectivity index (χ0v) is 18.1. The van der Waals surface area contributed by atoms with Gasteiger partial charge in [0.05, 0.1) is 10.6 Å². The highest BCUT2D eigenvalue weighted by atomic mass is 35.5. The smallest absolute Gasteiger partial charge is 0.247 e. The van der Waals surface area contributed by atoms with Crippen molar-refractivity contribution in [2.24, 2.45) is 0 Å². The molecular weight excluding hydrogens is 423 g/mol. The van der Waals surface area contributed by atoms with Crippen molar-refractivity contribution in [3.8, 4) is 17.1 Å². The van der Waals surface area contributed by atoms with Gasteiger partial charge in [-0.15, -0.1) is 10.2 Å². The van der Waals surface area contributed by atoms with Crippen molar-refractivity contribution in [3.63, 3.8) is 0 Å². The summed E-state index contributed by atoms with van der Waals surface area (Å²) in [5, 5.41) is 12.7. The van der Waals surface area contributed by atoms with Crippen molar-refractivity contribution in [1.29, 1.82) is 0 Å². The van der Waals surface area contributed by atoms with Gasteiger partial charge in [0.2, 0.25) is 17.3 Å². The molecule has 0 bridgehead atoms. The van der Waals surface area contributed by atoms with Gasteiger partial charge in [0.15, 0.2) is 5.69 Å². The Morgan fingerprint density at radius 1 is 1.10 bits per heavy atom. The van der Waals surface area contributed by atoms with E-state index < -0.39 is 12.0 Å². The number of thioether (sulfide) groups is 1. The minimum Gasteiger partial charge on any atom is -0.448 e. The molecule has 0 aliphatic carbocycles. The Balaban J connectivity index is 1.67. The number of para-hydroxylation sites is 1. The van der Waals surface area contributed by atoms with E-state index in [9.17, 15) is 4.39 Å². The third kappa shape index (κ3) is 4.52. The van der Waals surface area contributed by atoms with Gasteiger partial charge in [-0.2, -0.15) is 4.98 Å². The Morgan fingerprint density at radius 2 is 1.97 bits per heavy atom. The van der Waals surface area contributed by atoms with Crippen LogP contribution in [0.3, 0.4) is 0 Å². The molecule has 3 aromatic rings. The number of fused-ring (bicyclic) bond motifs is 3. The third-order valence-corrected chi connectivity index (χ3v) is 6.08. The molecule has 0 saturated heterocycles. The first-order valence-electron chi connectivity index (χ1n) is 10.0. The Kier molecular flexibility index (Phi) is 6.69. The van der Waals surface area contributed by atoms with Gasteiger partial charge < -0.3 is 10.1 Å². The van der Waals surface area contributed by atoms with Crippen molar-refractivity contribution >= 4 is 29.1 Å². The van der Waals surface area contributed by atoms with Crippen LogP contribution in [0.4, 0.5) is 10.1 Å². The number of halogens is 2. The molecule has 0 amide bonds. The molecule has 30 heavy (non-hydrogen) atoms. The predicted molar refractivity (Wildman–Crippen MR) is 119 cm³/mol. The van der Waals surface area contributed by atoms with Crippen LogP contribution >= 0.6 is 23.4 Å². The lowest BCUT2D eigenvalue weighted by molar-refractivity contribution is 0.220. The molecule has 4 rings (SSSR count). The fourth-order valence-electron chi connectivity index (χ4n) is 3.29. The number of benzene rings is 2. The van der Waals surface area contributed by atoms with Crippen LogP contribution in [0, 0.1) is 5.82 Å². The van der Waals surface area contributed by atoms with E-state index in [0.29, 0.717) is 16.7 Å². The van der Waals surface area contributed by atoms with Crippen LogP contribution < -0.4 is 10.1 Å². The highest BCUT2D eigenvalue weighted by molar-refractivity contribution is 7.99. The molecule has 1 aromatic heterocycles. The molecule has 5 nitrogen and oxygen atoms in total. The van der Waals surface area contributed by atoms with Crippen LogP contribution in [0.25, 0.3) is 11.3 Å². The average Bonchev–Trinajstić information content (AvgIpc) is 2.90. The monoisotopic (exact) mass is 444 g/mol. The molecule has 1 N–H and O–H groups in total. The van der Waals surface area contributed by atoms with E-state index in [-0.39, 0.29) is 10.6 Å². The van der Waals surface area contributed by atoms with Crippen molar-refractivity contribution in [2.45, 2.75) is 44.0 Å². The molecule has 0 saturated carbocycles. The molecule has 2 aromatic carbocycles. The topological polar surface area (TPSA) is 59.9 Å². The van der Waals surface area contributed by atoms with Crippen molar-refractivity contribution in [2.75, 3.05) is 11.1 Å². The zero-order chi connectivity index (χ0) is 20.9. The van der Waals surface area contributed by atoms with Crippen molar-refractivity contribution in [1.82, 2.24) is 15.2 Å². The minimum atomic E-state index is -0.847. The zero-order valence-electron chi connectivity index (χ0n) is 16.6. The van der Waals surface area contributed by atoms with E-state index in [1.165, 1.54) is 25.3 Å². The van der Waals surface area contributed by atoms with Crippen LogP contribution in [0.15, 0.2) is 47.6 Å². The van der Waals surface area contributed by atoms with E-state index in [1.54, 1.807) is 23.9 Å². The number of nitrogens with one attached hydrogen (secondary N) is 1. The van der Waals surface area contributed by atoms with Gasteiger partial charge in [-0.1, -0.05) is 73.8 Å². The van der Waals surface area contributed by atoms with Crippen LogP contribution in [0.5, 0.6) is 5.88 Å². The first-order valence-corrected chi connectivity index (χ1v) is 11.4. The van der Waals surface area contributed by atoms with Crippen LogP contribution in [-0.4, -0.2) is 20.9 Å². The summed E-state index contributed by atoms with van der Waals surface area (Å²) in [7, 11) is 0. The minimum absolute atomic E-state index is 0.231. The van der Waals surface area contributed by atoms with Crippen LogP contribution in [0.2, 0.25) is 5.02 Å². The maximum absolute atomic E-state index is 14.6. The van der Waals surface area contributed by atoms with E-state index >= 15 is 0 Å². The molecule has 0 radical (unpaired) electrons. The normalized spacial score (nSPS) is 14.8. The second-order valence-corrected chi connectivity index (χ2v) is 8.45. The summed E-state index contributed by atoms with van der Waals surface area (Å²) in [4.78, 5) is 4.59. The van der Waals surface area contributed by atoms with Crippen molar-refractivity contribution < 1.29 is 9.13 Å². The molecule has 1 atom stereocenters. The summed E-state index contributed by atoms with van der Waals surface area (Å²) in [5.41, 5.74) is 2.29. The summed E-state index contributed by atoms with van der Waals surface area (Å²) in [6, 6.07) is 12.1. The Bertz CT molecular complexity index is 1020. The number of aromatic nitrogens is 3. The number of hydrogen-bond donors (Lipinski definition) is 1. The highest BCUT2D eigenvalue weighted by Gasteiger charge is 2.29. The summed E-state index contributed by atoms with van der Waals surface area (Å²) in [6.45, 7) is 2.19. The lowest BCUT2D eigenvalue weighted by Crippen LogP contribution is -2.19. The summed E-state index contributed by atoms with van der Waals surface area (Å²) in [6.07, 6.45) is 3.85. The quantitative estimate of drug-likeness (QED) is 0.331. The van der Waals surface area contributed by atoms with Gasteiger partial charge in [0, 0.05) is 17.0 Å². The number of unbranched alkanes of at least 4 members (excludes halogenated alkanes) is 3. The third-order valence-electron chi connectivity index (χ3n) is 4.82. The van der Waals surface area contributed by atoms with Gasteiger partial charge in [-0.05, 0) is 24.6 Å². The molecule has 2 heterocycles. The Labute approximate surface area is 184 Å². The maximum atomic E-state index is 14.6. The van der Waals surface area contributed by atoms with Gasteiger partial charge >= 0.3 is 0 Å². The highest BCUT2D eigenvalue weighted by Crippen LogP contribution is 2.41. The fraction of sp³-hybridized carbons (Fsp3) is 0.318. The molecule has 0 spiro atoms. The summed E-state index contributed by atoms with van der Waals surface area (Å²) >= 11 is 7.85. The van der Waals surface area contributed by atoms with Gasteiger partial charge in [-0.3, -0.25) is 0 Å². The van der Waals surface area contributed by atoms with Gasteiger partial charge in [0.25, 0.3) is 0 Å². The first kappa shape index (κ1) is 20.9. The Hall–Kier alpha value is -2.38. The summed E-state index contributed by atoms with van der Waals surface area (Å²) in [5.74, 6) is 0.772. The van der Waals surface area contributed by atoms with E-state index in [0.717, 1.165) is 23.4 Å².